The van der Waals surface area contributed by atoms with Crippen LogP contribution in [0.2, 0.25) is 0 Å². The SMILES string of the molecule is O=S(=O)(F)C1CCC2(CC1)N=N2. The van der Waals surface area contributed by atoms with Gasteiger partial charge in [-0.3, -0.25) is 0 Å². The maximum atomic E-state index is 12.5. The van der Waals surface area contributed by atoms with Crippen molar-refractivity contribution >= 4 is 10.2 Å². The van der Waals surface area contributed by atoms with Crippen molar-refractivity contribution in [1.82, 2.24) is 0 Å². The van der Waals surface area contributed by atoms with E-state index in [1.54, 1.807) is 0 Å². The summed E-state index contributed by atoms with van der Waals surface area (Å²) in [6.45, 7) is 0. The highest BCUT2D eigenvalue weighted by Crippen LogP contribution is 2.43. The highest BCUT2D eigenvalue weighted by molar-refractivity contribution is 7.87. The summed E-state index contributed by atoms with van der Waals surface area (Å²) in [5, 5.41) is 6.82. The van der Waals surface area contributed by atoms with Crippen molar-refractivity contribution in [2.24, 2.45) is 10.2 Å². The van der Waals surface area contributed by atoms with Crippen LogP contribution in [0.15, 0.2) is 10.2 Å². The Balaban J connectivity index is 1.99. The monoisotopic (exact) mass is 192 g/mol. The molecule has 0 unspecified atom stereocenters. The molecule has 0 amide bonds. The number of hydrogen-bond acceptors (Lipinski definition) is 4. The third kappa shape index (κ3) is 1.35. The first-order valence-electron chi connectivity index (χ1n) is 3.89. The van der Waals surface area contributed by atoms with Crippen molar-refractivity contribution in [3.05, 3.63) is 0 Å². The normalized spacial score (nSPS) is 27.8. The van der Waals surface area contributed by atoms with E-state index in [4.69, 9.17) is 0 Å². The van der Waals surface area contributed by atoms with Crippen molar-refractivity contribution in [3.63, 3.8) is 0 Å². The zero-order valence-electron chi connectivity index (χ0n) is 6.40. The van der Waals surface area contributed by atoms with Gasteiger partial charge in [0.05, 0.1) is 5.25 Å². The summed E-state index contributed by atoms with van der Waals surface area (Å²) in [6.07, 6.45) is 1.87. The summed E-state index contributed by atoms with van der Waals surface area (Å²) >= 11 is 0. The number of hydrogen-bond donors (Lipinski definition) is 0. The summed E-state index contributed by atoms with van der Waals surface area (Å²) in [7, 11) is -4.33. The summed E-state index contributed by atoms with van der Waals surface area (Å²) in [6, 6.07) is 0. The molecule has 12 heavy (non-hydrogen) atoms. The lowest BCUT2D eigenvalue weighted by Crippen LogP contribution is -2.28. The van der Waals surface area contributed by atoms with E-state index in [2.05, 4.69) is 10.2 Å². The van der Waals surface area contributed by atoms with Gasteiger partial charge in [-0.15, -0.1) is 3.89 Å². The van der Waals surface area contributed by atoms with E-state index in [0.717, 1.165) is 0 Å². The maximum Gasteiger partial charge on any atom is 0.305 e. The van der Waals surface area contributed by atoms with Crippen molar-refractivity contribution in [2.75, 3.05) is 0 Å². The smallest absolute Gasteiger partial charge is 0.195 e. The maximum absolute atomic E-state index is 12.5. The molecule has 0 bridgehead atoms. The number of halogens is 1. The molecule has 4 nitrogen and oxygen atoms in total. The predicted molar refractivity (Wildman–Crippen MR) is 39.9 cm³/mol. The summed E-state index contributed by atoms with van der Waals surface area (Å²) in [5.74, 6) is 0. The Kier molecular flexibility index (Phi) is 1.51. The molecule has 6 heteroatoms. The van der Waals surface area contributed by atoms with Crippen molar-refractivity contribution in [3.8, 4) is 0 Å². The minimum atomic E-state index is -4.33. The second-order valence-electron chi connectivity index (χ2n) is 3.36. The van der Waals surface area contributed by atoms with E-state index < -0.39 is 15.5 Å². The van der Waals surface area contributed by atoms with Crippen LogP contribution in [-0.2, 0) is 10.2 Å². The molecule has 1 aliphatic heterocycles. The second kappa shape index (κ2) is 2.25. The molecule has 0 radical (unpaired) electrons. The minimum absolute atomic E-state index is 0.304. The van der Waals surface area contributed by atoms with Gasteiger partial charge in [-0.2, -0.15) is 18.6 Å². The predicted octanol–water partition coefficient (Wildman–Crippen LogP) is 1.39. The van der Waals surface area contributed by atoms with Gasteiger partial charge in [-0.25, -0.2) is 0 Å². The van der Waals surface area contributed by atoms with E-state index in [9.17, 15) is 12.3 Å². The van der Waals surface area contributed by atoms with Gasteiger partial charge < -0.3 is 0 Å². The van der Waals surface area contributed by atoms with Crippen LogP contribution in [0.25, 0.3) is 0 Å². The van der Waals surface area contributed by atoms with E-state index in [1.165, 1.54) is 0 Å². The molecule has 1 fully saturated rings. The molecule has 0 aromatic rings. The molecule has 0 N–H and O–H groups in total. The molecule has 2 aliphatic rings. The molecular formula is C6H9FN2O2S. The van der Waals surface area contributed by atoms with Crippen molar-refractivity contribution < 1.29 is 12.3 Å². The fourth-order valence-electron chi connectivity index (χ4n) is 1.61. The quantitative estimate of drug-likeness (QED) is 0.589. The van der Waals surface area contributed by atoms with Gasteiger partial charge >= 0.3 is 10.2 Å². The molecule has 1 spiro atoms. The van der Waals surface area contributed by atoms with Gasteiger partial charge in [-0.05, 0) is 25.7 Å². The fraction of sp³-hybridized carbons (Fsp3) is 1.00. The average molecular weight is 192 g/mol. The lowest BCUT2D eigenvalue weighted by atomic mass is 9.92. The van der Waals surface area contributed by atoms with Gasteiger partial charge in [0.25, 0.3) is 0 Å². The third-order valence-electron chi connectivity index (χ3n) is 2.51. The molecule has 2 rings (SSSR count). The van der Waals surface area contributed by atoms with Gasteiger partial charge in [-0.1, -0.05) is 0 Å². The van der Waals surface area contributed by atoms with Crippen LogP contribution in [0.3, 0.4) is 0 Å². The first-order chi connectivity index (χ1) is 5.52. The lowest BCUT2D eigenvalue weighted by molar-refractivity contribution is 0.385. The summed E-state index contributed by atoms with van der Waals surface area (Å²) < 4.78 is 33.4. The Morgan fingerprint density at radius 1 is 1.25 bits per heavy atom. The Morgan fingerprint density at radius 2 is 1.75 bits per heavy atom. The molecule has 0 saturated heterocycles. The zero-order valence-corrected chi connectivity index (χ0v) is 7.22. The largest absolute Gasteiger partial charge is 0.305 e. The van der Waals surface area contributed by atoms with E-state index in [1.807, 2.05) is 0 Å². The van der Waals surface area contributed by atoms with Gasteiger partial charge in [0.2, 0.25) is 0 Å². The Hall–Kier alpha value is -0.520. The molecule has 1 heterocycles. The zero-order chi connectivity index (χ0) is 8.82. The number of rotatable bonds is 1. The molecule has 0 aromatic carbocycles. The molecule has 0 aromatic heterocycles. The van der Waals surface area contributed by atoms with Crippen LogP contribution in [0.1, 0.15) is 25.7 Å². The molecular weight excluding hydrogens is 183 g/mol. The second-order valence-corrected chi connectivity index (χ2v) is 4.98. The van der Waals surface area contributed by atoms with Gasteiger partial charge in [0.15, 0.2) is 5.66 Å². The summed E-state index contributed by atoms with van der Waals surface area (Å²) in [5.41, 5.74) is -0.304. The molecule has 0 atom stereocenters. The summed E-state index contributed by atoms with van der Waals surface area (Å²) in [4.78, 5) is 0. The van der Waals surface area contributed by atoms with Gasteiger partial charge in [0, 0.05) is 0 Å². The first kappa shape index (κ1) is 8.10. The van der Waals surface area contributed by atoms with Crippen molar-refractivity contribution in [2.45, 2.75) is 36.6 Å². The van der Waals surface area contributed by atoms with Crippen LogP contribution < -0.4 is 0 Å². The Morgan fingerprint density at radius 3 is 2.08 bits per heavy atom. The van der Waals surface area contributed by atoms with Crippen LogP contribution in [-0.4, -0.2) is 19.3 Å². The van der Waals surface area contributed by atoms with Gasteiger partial charge in [0.1, 0.15) is 0 Å². The molecule has 1 aliphatic carbocycles. The van der Waals surface area contributed by atoms with Crippen LogP contribution in [0.4, 0.5) is 3.89 Å². The van der Waals surface area contributed by atoms with Crippen molar-refractivity contribution in [1.29, 1.82) is 0 Å². The van der Waals surface area contributed by atoms with E-state index >= 15 is 0 Å². The van der Waals surface area contributed by atoms with Crippen LogP contribution >= 0.6 is 0 Å². The lowest BCUT2D eigenvalue weighted by Gasteiger charge is -2.21. The van der Waals surface area contributed by atoms with Crippen LogP contribution in [0.5, 0.6) is 0 Å². The van der Waals surface area contributed by atoms with E-state index in [0.29, 0.717) is 25.7 Å². The van der Waals surface area contributed by atoms with E-state index in [-0.39, 0.29) is 5.66 Å². The average Bonchev–Trinajstić information content (AvgIpc) is 2.68. The third-order valence-corrected chi connectivity index (χ3v) is 3.78. The Labute approximate surface area is 70.1 Å². The molecule has 68 valence electrons. The highest BCUT2D eigenvalue weighted by atomic mass is 32.3. The topological polar surface area (TPSA) is 58.9 Å². The van der Waals surface area contributed by atoms with Crippen LogP contribution in [0, 0.1) is 0 Å². The fourth-order valence-corrected chi connectivity index (χ4v) is 2.40. The Bertz CT molecular complexity index is 308. The first-order valence-corrected chi connectivity index (χ1v) is 5.34. The molecule has 1 saturated carbocycles. The standard InChI is InChI=1S/C6H9FN2O2S/c7-12(10,11)5-1-3-6(4-2-5)8-9-6/h5H,1-4H2. The number of nitrogens with zero attached hydrogens (tertiary/aromatic N) is 2. The highest BCUT2D eigenvalue weighted by Gasteiger charge is 2.46. The minimum Gasteiger partial charge on any atom is -0.195 e.